The fraction of sp³-hybridized carbons (Fsp3) is 0.545. The second-order valence-electron chi connectivity index (χ2n) is 8.00. The predicted octanol–water partition coefficient (Wildman–Crippen LogP) is 0.888. The lowest BCUT2D eigenvalue weighted by Gasteiger charge is -2.34. The van der Waals surface area contributed by atoms with Crippen molar-refractivity contribution in [3.63, 3.8) is 0 Å². The van der Waals surface area contributed by atoms with Crippen molar-refractivity contribution < 1.29 is 14.3 Å². The van der Waals surface area contributed by atoms with E-state index in [1.165, 1.54) is 4.68 Å². The van der Waals surface area contributed by atoms with Gasteiger partial charge < -0.3 is 15.0 Å². The standard InChI is InChI=1S/C22H31N5O4/c1-16(2)27-21(29)18-8-5-4-7-17(18)20(24-27)22(30)26-12-10-25(11-13-26)15-19(28)23-9-6-14-31-3/h4-5,7-8,16H,6,9-15H2,1-3H3,(H,23,28). The smallest absolute Gasteiger partial charge is 0.275 e. The largest absolute Gasteiger partial charge is 0.385 e. The van der Waals surface area contributed by atoms with Crippen LogP contribution in [0.5, 0.6) is 0 Å². The zero-order valence-corrected chi connectivity index (χ0v) is 18.5. The van der Waals surface area contributed by atoms with Crippen LogP contribution in [0.1, 0.15) is 36.8 Å². The minimum atomic E-state index is -0.191. The van der Waals surface area contributed by atoms with Crippen molar-refractivity contribution in [2.75, 3.05) is 53.0 Å². The quantitative estimate of drug-likeness (QED) is 0.626. The summed E-state index contributed by atoms with van der Waals surface area (Å²) < 4.78 is 6.35. The lowest BCUT2D eigenvalue weighted by Crippen LogP contribution is -2.51. The van der Waals surface area contributed by atoms with Crippen LogP contribution in [-0.4, -0.2) is 84.4 Å². The van der Waals surface area contributed by atoms with Crippen LogP contribution in [0, 0.1) is 0 Å². The van der Waals surface area contributed by atoms with Crippen molar-refractivity contribution in [2.45, 2.75) is 26.3 Å². The number of ether oxygens (including phenoxy) is 1. The fourth-order valence-electron chi connectivity index (χ4n) is 3.68. The van der Waals surface area contributed by atoms with E-state index < -0.39 is 0 Å². The van der Waals surface area contributed by atoms with Crippen LogP contribution in [0.25, 0.3) is 10.8 Å². The van der Waals surface area contributed by atoms with E-state index in [-0.39, 0.29) is 23.4 Å². The molecule has 2 aromatic rings. The number of amides is 2. The Hall–Kier alpha value is -2.78. The molecule has 1 aromatic heterocycles. The monoisotopic (exact) mass is 429 g/mol. The summed E-state index contributed by atoms with van der Waals surface area (Å²) in [5.74, 6) is -0.207. The summed E-state index contributed by atoms with van der Waals surface area (Å²) in [5, 5.41) is 8.37. The number of methoxy groups -OCH3 is 1. The number of carbonyl (C=O) groups is 2. The summed E-state index contributed by atoms with van der Waals surface area (Å²) in [7, 11) is 1.64. The summed E-state index contributed by atoms with van der Waals surface area (Å²) in [5.41, 5.74) is 0.108. The first-order valence-corrected chi connectivity index (χ1v) is 10.7. The fourth-order valence-corrected chi connectivity index (χ4v) is 3.68. The van der Waals surface area contributed by atoms with Gasteiger partial charge in [-0.25, -0.2) is 4.68 Å². The van der Waals surface area contributed by atoms with Crippen molar-refractivity contribution in [3.8, 4) is 0 Å². The zero-order chi connectivity index (χ0) is 22.4. The minimum absolute atomic E-state index is 0.0208. The summed E-state index contributed by atoms with van der Waals surface area (Å²) >= 11 is 0. The zero-order valence-electron chi connectivity index (χ0n) is 18.5. The molecular weight excluding hydrogens is 398 g/mol. The van der Waals surface area contributed by atoms with Gasteiger partial charge in [-0.2, -0.15) is 5.10 Å². The van der Waals surface area contributed by atoms with Crippen molar-refractivity contribution in [1.29, 1.82) is 0 Å². The van der Waals surface area contributed by atoms with E-state index in [2.05, 4.69) is 10.4 Å². The molecule has 1 N–H and O–H groups in total. The number of nitrogens with one attached hydrogen (secondary N) is 1. The van der Waals surface area contributed by atoms with Gasteiger partial charge in [-0.05, 0) is 26.3 Å². The van der Waals surface area contributed by atoms with Gasteiger partial charge in [-0.3, -0.25) is 19.3 Å². The topological polar surface area (TPSA) is 96.8 Å². The average Bonchev–Trinajstić information content (AvgIpc) is 2.77. The lowest BCUT2D eigenvalue weighted by molar-refractivity contribution is -0.122. The van der Waals surface area contributed by atoms with Crippen molar-refractivity contribution in [3.05, 3.63) is 40.3 Å². The molecular formula is C22H31N5O4. The molecule has 2 heterocycles. The Bertz CT molecular complexity index is 980. The second kappa shape index (κ2) is 10.5. The number of carbonyl (C=O) groups excluding carboxylic acids is 2. The van der Waals surface area contributed by atoms with E-state index in [9.17, 15) is 14.4 Å². The van der Waals surface area contributed by atoms with Crippen LogP contribution in [0.3, 0.4) is 0 Å². The van der Waals surface area contributed by atoms with Gasteiger partial charge >= 0.3 is 0 Å². The first-order chi connectivity index (χ1) is 14.9. The third-order valence-corrected chi connectivity index (χ3v) is 5.39. The van der Waals surface area contributed by atoms with E-state index in [1.54, 1.807) is 30.2 Å². The highest BCUT2D eigenvalue weighted by atomic mass is 16.5. The van der Waals surface area contributed by atoms with E-state index in [0.29, 0.717) is 62.3 Å². The molecule has 1 fully saturated rings. The van der Waals surface area contributed by atoms with E-state index in [4.69, 9.17) is 4.74 Å². The third kappa shape index (κ3) is 5.48. The Morgan fingerprint density at radius 1 is 1.13 bits per heavy atom. The number of nitrogens with zero attached hydrogens (tertiary/aromatic N) is 4. The summed E-state index contributed by atoms with van der Waals surface area (Å²) in [6.45, 7) is 7.50. The van der Waals surface area contributed by atoms with Gasteiger partial charge in [0, 0.05) is 51.8 Å². The van der Waals surface area contributed by atoms with Gasteiger partial charge in [0.15, 0.2) is 5.69 Å². The molecule has 0 radical (unpaired) electrons. The molecule has 2 amide bonds. The predicted molar refractivity (Wildman–Crippen MR) is 118 cm³/mol. The molecule has 1 saturated heterocycles. The maximum atomic E-state index is 13.3. The van der Waals surface area contributed by atoms with Gasteiger partial charge in [-0.1, -0.05) is 18.2 Å². The number of hydrogen-bond donors (Lipinski definition) is 1. The number of piperazine rings is 1. The molecule has 31 heavy (non-hydrogen) atoms. The highest BCUT2D eigenvalue weighted by Crippen LogP contribution is 2.17. The maximum absolute atomic E-state index is 13.3. The molecule has 0 atom stereocenters. The minimum Gasteiger partial charge on any atom is -0.385 e. The third-order valence-electron chi connectivity index (χ3n) is 5.39. The normalized spacial score (nSPS) is 14.9. The molecule has 0 saturated carbocycles. The molecule has 0 unspecified atom stereocenters. The highest BCUT2D eigenvalue weighted by Gasteiger charge is 2.26. The van der Waals surface area contributed by atoms with Gasteiger partial charge in [-0.15, -0.1) is 0 Å². The molecule has 9 nitrogen and oxygen atoms in total. The van der Waals surface area contributed by atoms with Crippen LogP contribution >= 0.6 is 0 Å². The van der Waals surface area contributed by atoms with Crippen LogP contribution in [0.4, 0.5) is 0 Å². The van der Waals surface area contributed by atoms with Gasteiger partial charge in [0.1, 0.15) is 0 Å². The molecule has 0 bridgehead atoms. The summed E-state index contributed by atoms with van der Waals surface area (Å²) in [4.78, 5) is 41.8. The Morgan fingerprint density at radius 3 is 2.45 bits per heavy atom. The lowest BCUT2D eigenvalue weighted by atomic mass is 10.1. The Morgan fingerprint density at radius 2 is 1.81 bits per heavy atom. The first kappa shape index (κ1) is 22.9. The molecule has 168 valence electrons. The second-order valence-corrected chi connectivity index (χ2v) is 8.00. The maximum Gasteiger partial charge on any atom is 0.275 e. The number of fused-ring (bicyclic) bond motifs is 1. The number of aromatic nitrogens is 2. The molecule has 3 rings (SSSR count). The number of rotatable bonds is 8. The molecule has 1 aromatic carbocycles. The number of hydrogen-bond acceptors (Lipinski definition) is 6. The molecule has 1 aliphatic rings. The molecule has 0 spiro atoms. The summed E-state index contributed by atoms with van der Waals surface area (Å²) in [6.07, 6.45) is 0.782. The highest BCUT2D eigenvalue weighted by molar-refractivity contribution is 6.04. The van der Waals surface area contributed by atoms with E-state index in [0.717, 1.165) is 6.42 Å². The Kier molecular flexibility index (Phi) is 7.75. The van der Waals surface area contributed by atoms with Crippen LogP contribution in [0.2, 0.25) is 0 Å². The van der Waals surface area contributed by atoms with Crippen molar-refractivity contribution in [1.82, 2.24) is 24.9 Å². The van der Waals surface area contributed by atoms with Crippen LogP contribution in [0.15, 0.2) is 29.1 Å². The molecule has 9 heteroatoms. The van der Waals surface area contributed by atoms with Gasteiger partial charge in [0.25, 0.3) is 11.5 Å². The summed E-state index contributed by atoms with van der Waals surface area (Å²) in [6, 6.07) is 6.96. The molecule has 1 aliphatic heterocycles. The average molecular weight is 430 g/mol. The Labute approximate surface area is 182 Å². The van der Waals surface area contributed by atoms with Crippen molar-refractivity contribution >= 4 is 22.6 Å². The first-order valence-electron chi connectivity index (χ1n) is 10.7. The van der Waals surface area contributed by atoms with E-state index in [1.807, 2.05) is 24.8 Å². The van der Waals surface area contributed by atoms with Crippen LogP contribution in [-0.2, 0) is 9.53 Å². The van der Waals surface area contributed by atoms with E-state index >= 15 is 0 Å². The number of benzene rings is 1. The SMILES string of the molecule is COCCCNC(=O)CN1CCN(C(=O)c2nn(C(C)C)c(=O)c3ccccc23)CC1. The van der Waals surface area contributed by atoms with Crippen molar-refractivity contribution in [2.24, 2.45) is 0 Å². The van der Waals surface area contributed by atoms with Gasteiger partial charge in [0.05, 0.1) is 18.0 Å². The Balaban J connectivity index is 1.66. The van der Waals surface area contributed by atoms with Crippen LogP contribution < -0.4 is 10.9 Å². The van der Waals surface area contributed by atoms with Gasteiger partial charge in [0.2, 0.25) is 5.91 Å². The molecule has 0 aliphatic carbocycles.